The van der Waals surface area contributed by atoms with Crippen LogP contribution in [0.1, 0.15) is 43.0 Å². The Morgan fingerprint density at radius 1 is 1.09 bits per heavy atom. The molecule has 174 valence electrons. The van der Waals surface area contributed by atoms with Crippen molar-refractivity contribution in [3.05, 3.63) is 47.9 Å². The summed E-state index contributed by atoms with van der Waals surface area (Å²) in [5.74, 6) is 2.08. The van der Waals surface area contributed by atoms with Crippen molar-refractivity contribution in [1.29, 1.82) is 0 Å². The Balaban J connectivity index is 1.38. The van der Waals surface area contributed by atoms with Gasteiger partial charge in [0, 0.05) is 49.4 Å². The number of hydrogen-bond acceptors (Lipinski definition) is 6. The van der Waals surface area contributed by atoms with Crippen molar-refractivity contribution >= 4 is 45.2 Å². The van der Waals surface area contributed by atoms with E-state index in [9.17, 15) is 4.79 Å². The fraction of sp³-hybridized carbons (Fsp3) is 0.385. The average Bonchev–Trinajstić information content (AvgIpc) is 3.64. The first kappa shape index (κ1) is 21.0. The molecule has 0 atom stereocenters. The van der Waals surface area contributed by atoms with Crippen LogP contribution in [0.3, 0.4) is 0 Å². The van der Waals surface area contributed by atoms with Gasteiger partial charge in [-0.2, -0.15) is 0 Å². The van der Waals surface area contributed by atoms with Crippen molar-refractivity contribution in [3.8, 4) is 0 Å². The molecule has 2 fully saturated rings. The number of anilines is 3. The summed E-state index contributed by atoms with van der Waals surface area (Å²) in [7, 11) is 2.05. The SMILES string of the molecule is Cc1cccc2cnc(Nc3cc(NC(=O)C4CCOCC4)c4nc(C5CC5)n(C)c4c3)nc12. The molecular weight excluding hydrogens is 428 g/mol. The molecule has 3 heterocycles. The van der Waals surface area contributed by atoms with Gasteiger partial charge >= 0.3 is 0 Å². The smallest absolute Gasteiger partial charge is 0.227 e. The lowest BCUT2D eigenvalue weighted by molar-refractivity contribution is -0.122. The van der Waals surface area contributed by atoms with Crippen LogP contribution in [0.5, 0.6) is 0 Å². The quantitative estimate of drug-likeness (QED) is 0.448. The van der Waals surface area contributed by atoms with Crippen molar-refractivity contribution in [1.82, 2.24) is 19.5 Å². The van der Waals surface area contributed by atoms with Crippen molar-refractivity contribution < 1.29 is 9.53 Å². The number of nitrogens with zero attached hydrogens (tertiary/aromatic N) is 4. The molecule has 0 bridgehead atoms. The van der Waals surface area contributed by atoms with E-state index >= 15 is 0 Å². The molecule has 2 aliphatic rings. The first-order chi connectivity index (χ1) is 16.6. The first-order valence-electron chi connectivity index (χ1n) is 11.9. The molecule has 34 heavy (non-hydrogen) atoms. The predicted octanol–water partition coefficient (Wildman–Crippen LogP) is 4.81. The van der Waals surface area contributed by atoms with Crippen molar-refractivity contribution in [2.75, 3.05) is 23.8 Å². The van der Waals surface area contributed by atoms with Crippen molar-refractivity contribution in [3.63, 3.8) is 0 Å². The summed E-state index contributed by atoms with van der Waals surface area (Å²) in [6.07, 6.45) is 5.64. The van der Waals surface area contributed by atoms with E-state index in [-0.39, 0.29) is 11.8 Å². The molecule has 0 spiro atoms. The van der Waals surface area contributed by atoms with Crippen LogP contribution in [0.4, 0.5) is 17.3 Å². The average molecular weight is 457 g/mol. The van der Waals surface area contributed by atoms with Crippen LogP contribution < -0.4 is 10.6 Å². The first-order valence-corrected chi connectivity index (χ1v) is 11.9. The second-order valence-corrected chi connectivity index (χ2v) is 9.40. The van der Waals surface area contributed by atoms with E-state index in [4.69, 9.17) is 14.7 Å². The number of rotatable bonds is 5. The Kier molecular flexibility index (Phi) is 5.17. The zero-order valence-corrected chi connectivity index (χ0v) is 19.5. The summed E-state index contributed by atoms with van der Waals surface area (Å²) in [5, 5.41) is 7.53. The molecule has 8 nitrogen and oxygen atoms in total. The fourth-order valence-electron chi connectivity index (χ4n) is 4.77. The summed E-state index contributed by atoms with van der Waals surface area (Å²) in [6, 6.07) is 10.1. The minimum absolute atomic E-state index is 0.0259. The topological polar surface area (TPSA) is 94.0 Å². The molecule has 1 aliphatic heterocycles. The van der Waals surface area contributed by atoms with Gasteiger partial charge in [-0.15, -0.1) is 0 Å². The van der Waals surface area contributed by atoms with Gasteiger partial charge in [0.05, 0.1) is 16.7 Å². The van der Waals surface area contributed by atoms with E-state index in [1.54, 1.807) is 0 Å². The van der Waals surface area contributed by atoms with Gasteiger partial charge in [0.25, 0.3) is 0 Å². The Morgan fingerprint density at radius 2 is 1.91 bits per heavy atom. The molecule has 2 N–H and O–H groups in total. The number of ether oxygens (including phenoxy) is 1. The third-order valence-electron chi connectivity index (χ3n) is 6.88. The molecule has 1 amide bonds. The lowest BCUT2D eigenvalue weighted by Crippen LogP contribution is -2.28. The number of nitrogens with one attached hydrogen (secondary N) is 2. The maximum absolute atomic E-state index is 13.1. The molecule has 2 aromatic carbocycles. The Labute approximate surface area is 197 Å². The van der Waals surface area contributed by atoms with Crippen LogP contribution in [0, 0.1) is 12.8 Å². The molecule has 1 saturated carbocycles. The Morgan fingerprint density at radius 3 is 2.71 bits per heavy atom. The van der Waals surface area contributed by atoms with Crippen LogP contribution in [-0.2, 0) is 16.6 Å². The molecule has 1 aliphatic carbocycles. The van der Waals surface area contributed by atoms with Gasteiger partial charge in [-0.3, -0.25) is 4.79 Å². The van der Waals surface area contributed by atoms with Crippen LogP contribution in [0.15, 0.2) is 36.5 Å². The number of hydrogen-bond donors (Lipinski definition) is 2. The fourth-order valence-corrected chi connectivity index (χ4v) is 4.77. The van der Waals surface area contributed by atoms with Gasteiger partial charge in [-0.05, 0) is 50.3 Å². The minimum Gasteiger partial charge on any atom is -0.381 e. The predicted molar refractivity (Wildman–Crippen MR) is 132 cm³/mol. The van der Waals surface area contributed by atoms with E-state index < -0.39 is 0 Å². The van der Waals surface area contributed by atoms with Crippen molar-refractivity contribution in [2.45, 2.75) is 38.5 Å². The summed E-state index contributed by atoms with van der Waals surface area (Å²) in [4.78, 5) is 27.2. The normalized spacial score (nSPS) is 16.8. The molecular formula is C26H28N6O2. The number of aryl methyl sites for hydroxylation is 2. The van der Waals surface area contributed by atoms with Crippen LogP contribution in [0.25, 0.3) is 21.9 Å². The highest BCUT2D eigenvalue weighted by Gasteiger charge is 2.30. The van der Waals surface area contributed by atoms with Gasteiger partial charge in [0.15, 0.2) is 0 Å². The number of imidazole rings is 1. The number of carbonyl (C=O) groups is 1. The molecule has 8 heteroatoms. The molecule has 0 radical (unpaired) electrons. The number of carbonyl (C=O) groups excluding carboxylic acids is 1. The third kappa shape index (κ3) is 3.88. The second kappa shape index (κ2) is 8.36. The van der Waals surface area contributed by atoms with Gasteiger partial charge in [0.2, 0.25) is 11.9 Å². The molecule has 1 saturated heterocycles. The van der Waals surface area contributed by atoms with Crippen LogP contribution in [-0.4, -0.2) is 38.6 Å². The third-order valence-corrected chi connectivity index (χ3v) is 6.88. The van der Waals surface area contributed by atoms with E-state index in [1.165, 1.54) is 0 Å². The summed E-state index contributed by atoms with van der Waals surface area (Å²) in [5.41, 5.74) is 5.36. The minimum atomic E-state index is -0.0428. The lowest BCUT2D eigenvalue weighted by atomic mass is 9.99. The monoisotopic (exact) mass is 456 g/mol. The lowest BCUT2D eigenvalue weighted by Gasteiger charge is -2.21. The molecule has 6 rings (SSSR count). The van der Waals surface area contributed by atoms with E-state index in [0.29, 0.717) is 25.1 Å². The zero-order valence-electron chi connectivity index (χ0n) is 19.5. The summed E-state index contributed by atoms with van der Waals surface area (Å²) in [6.45, 7) is 3.30. The van der Waals surface area contributed by atoms with Gasteiger partial charge < -0.3 is 19.9 Å². The Bertz CT molecular complexity index is 1400. The maximum Gasteiger partial charge on any atom is 0.227 e. The largest absolute Gasteiger partial charge is 0.381 e. The van der Waals surface area contributed by atoms with Gasteiger partial charge in [-0.25, -0.2) is 15.0 Å². The zero-order chi connectivity index (χ0) is 23.2. The highest BCUT2D eigenvalue weighted by molar-refractivity contribution is 6.02. The standard InChI is InChI=1S/C26H28N6O2/c1-15-4-3-5-18-14-27-26(31-22(15)18)28-19-12-20(29-25(33)17-8-10-34-11-9-17)23-21(13-19)32(2)24(30-23)16-6-7-16/h3-5,12-14,16-17H,6-11H2,1-2H3,(H,29,33)(H,27,28,31). The van der Waals surface area contributed by atoms with E-state index in [2.05, 4.69) is 26.3 Å². The van der Waals surface area contributed by atoms with Crippen LogP contribution in [0.2, 0.25) is 0 Å². The van der Waals surface area contributed by atoms with Gasteiger partial charge in [0.1, 0.15) is 11.3 Å². The highest BCUT2D eigenvalue weighted by atomic mass is 16.5. The number of benzene rings is 2. The molecule has 0 unspecified atom stereocenters. The number of fused-ring (bicyclic) bond motifs is 2. The number of aromatic nitrogens is 4. The van der Waals surface area contributed by atoms with Crippen LogP contribution >= 0.6 is 0 Å². The number of para-hydroxylation sites is 1. The van der Waals surface area contributed by atoms with Gasteiger partial charge in [-0.1, -0.05) is 18.2 Å². The highest BCUT2D eigenvalue weighted by Crippen LogP contribution is 2.42. The van der Waals surface area contributed by atoms with Crippen molar-refractivity contribution in [2.24, 2.45) is 13.0 Å². The number of amides is 1. The molecule has 2 aromatic heterocycles. The van der Waals surface area contributed by atoms with E-state index in [0.717, 1.165) is 70.4 Å². The summed E-state index contributed by atoms with van der Waals surface area (Å²) < 4.78 is 7.57. The maximum atomic E-state index is 13.1. The molecule has 4 aromatic rings. The summed E-state index contributed by atoms with van der Waals surface area (Å²) >= 11 is 0. The second-order valence-electron chi connectivity index (χ2n) is 9.40. The van der Waals surface area contributed by atoms with E-state index in [1.807, 2.05) is 44.4 Å². The Hall–Kier alpha value is -3.52.